The number of ether oxygens (including phenoxy) is 1. The number of likely N-dealkylation sites (N-methyl/N-ethyl adjacent to an activating group) is 1. The highest BCUT2D eigenvalue weighted by Crippen LogP contribution is 2.25. The Morgan fingerprint density at radius 3 is 2.62 bits per heavy atom. The topological polar surface area (TPSA) is 78.9 Å². The smallest absolute Gasteiger partial charge is 0.317 e. The molecule has 1 aliphatic carbocycles. The minimum absolute atomic E-state index is 0.00476. The fourth-order valence-electron chi connectivity index (χ4n) is 3.03. The monoisotopic (exact) mass is 334 g/mol. The lowest BCUT2D eigenvalue weighted by atomic mass is 9.85. The number of hydrogen-bond donors (Lipinski definition) is 2. The van der Waals surface area contributed by atoms with Crippen molar-refractivity contribution in [2.45, 2.75) is 45.2 Å². The second kappa shape index (κ2) is 8.68. The molecule has 0 bridgehead atoms. The number of carbonyl (C=O) groups is 2. The van der Waals surface area contributed by atoms with Gasteiger partial charge in [0, 0.05) is 12.1 Å². The summed E-state index contributed by atoms with van der Waals surface area (Å²) in [5.41, 5.74) is 1.08. The summed E-state index contributed by atoms with van der Waals surface area (Å²) in [5.74, 6) is -0.196. The number of rotatable bonds is 9. The minimum Gasteiger partial charge on any atom is -0.483 e. The molecule has 0 heterocycles. The van der Waals surface area contributed by atoms with Crippen LogP contribution in [-0.4, -0.2) is 53.7 Å². The minimum atomic E-state index is -0.813. The number of carboxylic acid groups (broad SMARTS) is 1. The first-order chi connectivity index (χ1) is 11.5. The van der Waals surface area contributed by atoms with Crippen LogP contribution in [0.15, 0.2) is 24.3 Å². The van der Waals surface area contributed by atoms with Gasteiger partial charge in [0.2, 0.25) is 0 Å². The molecule has 24 heavy (non-hydrogen) atoms. The van der Waals surface area contributed by atoms with Crippen LogP contribution < -0.4 is 10.1 Å². The van der Waals surface area contributed by atoms with Gasteiger partial charge >= 0.3 is 5.97 Å². The standard InChI is InChI=1S/C18H26N2O4/c1-3-13-7-5-6-8-16(13)24-12-17(21)19-14-9-15(10-14)20(4-2)11-18(22)23/h5-8,14-15H,3-4,9-12H2,1-2H3,(H,19,21)(H,22,23). The van der Waals surface area contributed by atoms with Crippen molar-refractivity contribution in [2.24, 2.45) is 0 Å². The van der Waals surface area contributed by atoms with E-state index in [1.807, 2.05) is 43.0 Å². The maximum atomic E-state index is 12.0. The van der Waals surface area contributed by atoms with E-state index in [2.05, 4.69) is 5.32 Å². The van der Waals surface area contributed by atoms with Gasteiger partial charge in [-0.2, -0.15) is 0 Å². The molecule has 6 nitrogen and oxygen atoms in total. The second-order valence-corrected chi connectivity index (χ2v) is 6.10. The molecule has 1 aromatic rings. The molecular formula is C18H26N2O4. The van der Waals surface area contributed by atoms with Crippen molar-refractivity contribution in [2.75, 3.05) is 19.7 Å². The van der Waals surface area contributed by atoms with Crippen molar-refractivity contribution in [3.8, 4) is 5.75 Å². The van der Waals surface area contributed by atoms with Gasteiger partial charge in [-0.15, -0.1) is 0 Å². The van der Waals surface area contributed by atoms with E-state index in [0.29, 0.717) is 6.54 Å². The third-order valence-electron chi connectivity index (χ3n) is 4.45. The van der Waals surface area contributed by atoms with Crippen LogP contribution in [0.4, 0.5) is 0 Å². The Kier molecular flexibility index (Phi) is 6.61. The summed E-state index contributed by atoms with van der Waals surface area (Å²) in [5, 5.41) is 11.8. The molecule has 1 fully saturated rings. The number of aliphatic carboxylic acids is 1. The fraction of sp³-hybridized carbons (Fsp3) is 0.556. The average molecular weight is 334 g/mol. The number of nitrogens with zero attached hydrogens (tertiary/aromatic N) is 1. The Balaban J connectivity index is 1.72. The van der Waals surface area contributed by atoms with Crippen molar-refractivity contribution in [1.29, 1.82) is 0 Å². The van der Waals surface area contributed by atoms with Crippen LogP contribution in [0.3, 0.4) is 0 Å². The summed E-state index contributed by atoms with van der Waals surface area (Å²) in [6.45, 7) is 4.76. The molecular weight excluding hydrogens is 308 g/mol. The van der Waals surface area contributed by atoms with Crippen LogP contribution in [0.25, 0.3) is 0 Å². The average Bonchev–Trinajstić information content (AvgIpc) is 2.54. The van der Waals surface area contributed by atoms with Crippen LogP contribution >= 0.6 is 0 Å². The van der Waals surface area contributed by atoms with Gasteiger partial charge in [-0.1, -0.05) is 32.0 Å². The SMILES string of the molecule is CCc1ccccc1OCC(=O)NC1CC(N(CC)CC(=O)O)C1. The molecule has 1 aliphatic rings. The number of benzene rings is 1. The van der Waals surface area contributed by atoms with E-state index in [0.717, 1.165) is 30.6 Å². The predicted molar refractivity (Wildman–Crippen MR) is 91.2 cm³/mol. The Hall–Kier alpha value is -2.08. The molecule has 0 atom stereocenters. The first-order valence-corrected chi connectivity index (χ1v) is 8.49. The lowest BCUT2D eigenvalue weighted by Crippen LogP contribution is -2.55. The first-order valence-electron chi connectivity index (χ1n) is 8.49. The number of amides is 1. The van der Waals surface area contributed by atoms with Crippen molar-refractivity contribution >= 4 is 11.9 Å². The van der Waals surface area contributed by atoms with Crippen molar-refractivity contribution in [3.63, 3.8) is 0 Å². The summed E-state index contributed by atoms with van der Waals surface area (Å²) < 4.78 is 5.61. The van der Waals surface area contributed by atoms with Crippen LogP contribution in [0.5, 0.6) is 5.75 Å². The molecule has 0 saturated heterocycles. The molecule has 1 saturated carbocycles. The number of para-hydroxylation sites is 1. The van der Waals surface area contributed by atoms with Crippen LogP contribution in [0.1, 0.15) is 32.3 Å². The quantitative estimate of drug-likeness (QED) is 0.718. The van der Waals surface area contributed by atoms with Gasteiger partial charge in [0.25, 0.3) is 5.91 Å². The highest BCUT2D eigenvalue weighted by Gasteiger charge is 2.34. The number of aryl methyl sites for hydroxylation is 1. The molecule has 0 aliphatic heterocycles. The fourth-order valence-corrected chi connectivity index (χ4v) is 3.03. The van der Waals surface area contributed by atoms with Gasteiger partial charge in [0.05, 0.1) is 6.54 Å². The first kappa shape index (κ1) is 18.3. The van der Waals surface area contributed by atoms with E-state index in [1.165, 1.54) is 0 Å². The maximum absolute atomic E-state index is 12.0. The summed E-state index contributed by atoms with van der Waals surface area (Å²) in [6, 6.07) is 8.05. The summed E-state index contributed by atoms with van der Waals surface area (Å²) >= 11 is 0. The molecule has 132 valence electrons. The Bertz CT molecular complexity index is 570. The molecule has 6 heteroatoms. The number of nitrogens with one attached hydrogen (secondary N) is 1. The summed E-state index contributed by atoms with van der Waals surface area (Å²) in [6.07, 6.45) is 2.44. The van der Waals surface area contributed by atoms with E-state index >= 15 is 0 Å². The highest BCUT2D eigenvalue weighted by molar-refractivity contribution is 5.78. The zero-order valence-electron chi connectivity index (χ0n) is 14.3. The summed E-state index contributed by atoms with van der Waals surface area (Å²) in [4.78, 5) is 24.7. The Morgan fingerprint density at radius 1 is 1.29 bits per heavy atom. The molecule has 0 radical (unpaired) electrons. The number of carbonyl (C=O) groups excluding carboxylic acids is 1. The Labute approximate surface area is 142 Å². The van der Waals surface area contributed by atoms with E-state index in [9.17, 15) is 9.59 Å². The van der Waals surface area contributed by atoms with E-state index in [1.54, 1.807) is 0 Å². The second-order valence-electron chi connectivity index (χ2n) is 6.10. The maximum Gasteiger partial charge on any atom is 0.317 e. The van der Waals surface area contributed by atoms with Crippen molar-refractivity contribution in [3.05, 3.63) is 29.8 Å². The van der Waals surface area contributed by atoms with Gasteiger partial charge < -0.3 is 15.2 Å². The third kappa shape index (κ3) is 4.96. The van der Waals surface area contributed by atoms with Gasteiger partial charge in [0.1, 0.15) is 5.75 Å². The van der Waals surface area contributed by atoms with E-state index < -0.39 is 5.97 Å². The van der Waals surface area contributed by atoms with Crippen LogP contribution in [0, 0.1) is 0 Å². The largest absolute Gasteiger partial charge is 0.483 e. The van der Waals surface area contributed by atoms with Gasteiger partial charge in [-0.3, -0.25) is 14.5 Å². The van der Waals surface area contributed by atoms with Crippen molar-refractivity contribution < 1.29 is 19.4 Å². The lowest BCUT2D eigenvalue weighted by molar-refractivity contribution is -0.139. The van der Waals surface area contributed by atoms with Crippen molar-refractivity contribution in [1.82, 2.24) is 10.2 Å². The molecule has 2 N–H and O–H groups in total. The Morgan fingerprint density at radius 2 is 2.00 bits per heavy atom. The third-order valence-corrected chi connectivity index (χ3v) is 4.45. The molecule has 0 unspecified atom stereocenters. The zero-order valence-corrected chi connectivity index (χ0v) is 14.3. The normalized spacial score (nSPS) is 19.6. The number of hydrogen-bond acceptors (Lipinski definition) is 4. The predicted octanol–water partition coefficient (Wildman–Crippen LogP) is 1.68. The van der Waals surface area contributed by atoms with Gasteiger partial charge in [-0.25, -0.2) is 0 Å². The highest BCUT2D eigenvalue weighted by atomic mass is 16.5. The van der Waals surface area contributed by atoms with E-state index in [-0.39, 0.29) is 31.1 Å². The van der Waals surface area contributed by atoms with Crippen LogP contribution in [-0.2, 0) is 16.0 Å². The zero-order chi connectivity index (χ0) is 17.5. The van der Waals surface area contributed by atoms with E-state index in [4.69, 9.17) is 9.84 Å². The summed E-state index contributed by atoms with van der Waals surface area (Å²) in [7, 11) is 0. The molecule has 0 spiro atoms. The molecule has 1 aromatic carbocycles. The van der Waals surface area contributed by atoms with Crippen LogP contribution in [0.2, 0.25) is 0 Å². The van der Waals surface area contributed by atoms with Gasteiger partial charge in [0.15, 0.2) is 6.61 Å². The number of carboxylic acids is 1. The molecule has 0 aromatic heterocycles. The molecule has 1 amide bonds. The van der Waals surface area contributed by atoms with Gasteiger partial charge in [-0.05, 0) is 37.4 Å². The lowest BCUT2D eigenvalue weighted by Gasteiger charge is -2.42. The molecule has 2 rings (SSSR count).